The summed E-state index contributed by atoms with van der Waals surface area (Å²) >= 11 is 0. The number of rotatable bonds is 5. The van der Waals surface area contributed by atoms with Crippen LogP contribution in [0, 0.1) is 12.7 Å². The Balaban J connectivity index is 2.03. The summed E-state index contributed by atoms with van der Waals surface area (Å²) in [7, 11) is 1.58. The molecule has 1 unspecified atom stereocenters. The van der Waals surface area contributed by atoms with Crippen LogP contribution in [0.25, 0.3) is 0 Å². The summed E-state index contributed by atoms with van der Waals surface area (Å²) in [4.78, 5) is 11.3. The highest BCUT2D eigenvalue weighted by Gasteiger charge is 2.09. The Kier molecular flexibility index (Phi) is 4.57. The van der Waals surface area contributed by atoms with Crippen LogP contribution in [0.15, 0.2) is 30.6 Å². The Morgan fingerprint density at radius 1 is 1.48 bits per heavy atom. The Labute approximate surface area is 123 Å². The van der Waals surface area contributed by atoms with Gasteiger partial charge in [0.2, 0.25) is 5.91 Å². The predicted molar refractivity (Wildman–Crippen MR) is 79.5 cm³/mol. The van der Waals surface area contributed by atoms with Gasteiger partial charge < -0.3 is 10.6 Å². The van der Waals surface area contributed by atoms with Crippen molar-refractivity contribution in [2.75, 3.05) is 12.4 Å². The van der Waals surface area contributed by atoms with E-state index in [1.165, 1.54) is 6.07 Å². The second-order valence-electron chi connectivity index (χ2n) is 4.97. The number of nitrogens with one attached hydrogen (secondary N) is 2. The SMILES string of the molecule is CNC(=O)Cn1cc(NC(C)c2ccc(C)c(F)c2)cn1. The van der Waals surface area contributed by atoms with E-state index < -0.39 is 0 Å². The summed E-state index contributed by atoms with van der Waals surface area (Å²) in [5.41, 5.74) is 2.27. The molecule has 21 heavy (non-hydrogen) atoms. The number of likely N-dealkylation sites (N-methyl/N-ethyl adjacent to an activating group) is 1. The van der Waals surface area contributed by atoms with E-state index >= 15 is 0 Å². The smallest absolute Gasteiger partial charge is 0.241 e. The Morgan fingerprint density at radius 3 is 2.90 bits per heavy atom. The van der Waals surface area contributed by atoms with E-state index in [1.54, 1.807) is 37.1 Å². The van der Waals surface area contributed by atoms with E-state index in [0.29, 0.717) is 5.56 Å². The van der Waals surface area contributed by atoms with Crippen LogP contribution in [-0.4, -0.2) is 22.7 Å². The molecule has 0 spiro atoms. The Hall–Kier alpha value is -2.37. The van der Waals surface area contributed by atoms with E-state index in [0.717, 1.165) is 11.3 Å². The number of aryl methyl sites for hydroxylation is 1. The summed E-state index contributed by atoms with van der Waals surface area (Å²) in [6.45, 7) is 3.85. The zero-order valence-corrected chi connectivity index (χ0v) is 12.4. The lowest BCUT2D eigenvalue weighted by Gasteiger charge is -2.14. The van der Waals surface area contributed by atoms with Gasteiger partial charge in [-0.25, -0.2) is 4.39 Å². The van der Waals surface area contributed by atoms with Gasteiger partial charge in [0.1, 0.15) is 12.4 Å². The van der Waals surface area contributed by atoms with Crippen LogP contribution in [0.5, 0.6) is 0 Å². The van der Waals surface area contributed by atoms with E-state index in [9.17, 15) is 9.18 Å². The third-order valence-electron chi connectivity index (χ3n) is 3.30. The molecule has 1 atom stereocenters. The second-order valence-corrected chi connectivity index (χ2v) is 4.97. The maximum atomic E-state index is 13.6. The lowest BCUT2D eigenvalue weighted by molar-refractivity contribution is -0.121. The standard InChI is InChI=1S/C15H19FN4O/c1-10-4-5-12(6-14(10)16)11(2)19-13-7-18-20(8-13)9-15(21)17-3/h4-8,11,19H,9H2,1-3H3,(H,17,21). The molecular formula is C15H19FN4O. The predicted octanol–water partition coefficient (Wildman–Crippen LogP) is 2.25. The summed E-state index contributed by atoms with van der Waals surface area (Å²) in [5.74, 6) is -0.324. The van der Waals surface area contributed by atoms with Crippen LogP contribution in [0.1, 0.15) is 24.1 Å². The maximum Gasteiger partial charge on any atom is 0.241 e. The van der Waals surface area contributed by atoms with Crippen molar-refractivity contribution in [2.45, 2.75) is 26.4 Å². The number of amides is 1. The minimum atomic E-state index is -0.212. The van der Waals surface area contributed by atoms with Gasteiger partial charge in [0.05, 0.1) is 11.9 Å². The van der Waals surface area contributed by atoms with Gasteiger partial charge >= 0.3 is 0 Å². The fourth-order valence-corrected chi connectivity index (χ4v) is 1.96. The summed E-state index contributed by atoms with van der Waals surface area (Å²) in [6, 6.07) is 5.13. The molecule has 0 bridgehead atoms. The van der Waals surface area contributed by atoms with Crippen molar-refractivity contribution in [3.63, 3.8) is 0 Å². The molecule has 1 aromatic carbocycles. The topological polar surface area (TPSA) is 59.0 Å². The van der Waals surface area contributed by atoms with E-state index in [-0.39, 0.29) is 24.3 Å². The molecule has 1 amide bonds. The van der Waals surface area contributed by atoms with Crippen molar-refractivity contribution in [3.8, 4) is 0 Å². The van der Waals surface area contributed by atoms with Gasteiger partial charge in [0.15, 0.2) is 0 Å². The first-order valence-electron chi connectivity index (χ1n) is 6.75. The number of halogens is 1. The molecule has 112 valence electrons. The lowest BCUT2D eigenvalue weighted by atomic mass is 10.1. The van der Waals surface area contributed by atoms with Crippen molar-refractivity contribution < 1.29 is 9.18 Å². The molecule has 0 aliphatic carbocycles. The van der Waals surface area contributed by atoms with Crippen molar-refractivity contribution in [1.82, 2.24) is 15.1 Å². The molecule has 2 N–H and O–H groups in total. The zero-order chi connectivity index (χ0) is 15.4. The van der Waals surface area contributed by atoms with Crippen LogP contribution in [0.4, 0.5) is 10.1 Å². The van der Waals surface area contributed by atoms with Crippen molar-refractivity contribution in [1.29, 1.82) is 0 Å². The van der Waals surface area contributed by atoms with E-state index in [4.69, 9.17) is 0 Å². The molecule has 2 aromatic rings. The first-order chi connectivity index (χ1) is 9.99. The number of anilines is 1. The molecular weight excluding hydrogens is 271 g/mol. The number of carbonyl (C=O) groups is 1. The molecule has 1 aromatic heterocycles. The van der Waals surface area contributed by atoms with Crippen LogP contribution in [-0.2, 0) is 11.3 Å². The molecule has 0 aliphatic heterocycles. The Bertz CT molecular complexity index is 638. The first-order valence-corrected chi connectivity index (χ1v) is 6.75. The van der Waals surface area contributed by atoms with Crippen LogP contribution >= 0.6 is 0 Å². The number of carbonyl (C=O) groups excluding carboxylic acids is 1. The molecule has 0 fully saturated rings. The van der Waals surface area contributed by atoms with Crippen LogP contribution < -0.4 is 10.6 Å². The molecule has 6 heteroatoms. The molecule has 0 saturated carbocycles. The van der Waals surface area contributed by atoms with Gasteiger partial charge in [-0.2, -0.15) is 5.10 Å². The monoisotopic (exact) mass is 290 g/mol. The quantitative estimate of drug-likeness (QED) is 0.888. The highest BCUT2D eigenvalue weighted by molar-refractivity contribution is 5.75. The molecule has 0 saturated heterocycles. The minimum absolute atomic E-state index is 0.0576. The van der Waals surface area contributed by atoms with Crippen LogP contribution in [0.2, 0.25) is 0 Å². The first kappa shape index (κ1) is 15.0. The largest absolute Gasteiger partial charge is 0.376 e. The zero-order valence-electron chi connectivity index (χ0n) is 12.4. The fourth-order valence-electron chi connectivity index (χ4n) is 1.96. The number of nitrogens with zero attached hydrogens (tertiary/aromatic N) is 2. The normalized spacial score (nSPS) is 12.0. The van der Waals surface area contributed by atoms with Crippen LogP contribution in [0.3, 0.4) is 0 Å². The summed E-state index contributed by atoms with van der Waals surface area (Å²) in [6.07, 6.45) is 3.39. The fraction of sp³-hybridized carbons (Fsp3) is 0.333. The highest BCUT2D eigenvalue weighted by atomic mass is 19.1. The highest BCUT2D eigenvalue weighted by Crippen LogP contribution is 2.20. The molecule has 0 radical (unpaired) electrons. The van der Waals surface area contributed by atoms with Gasteiger partial charge in [0.25, 0.3) is 0 Å². The third kappa shape index (κ3) is 3.81. The molecule has 0 aliphatic rings. The van der Waals surface area contributed by atoms with Crippen molar-refractivity contribution >= 4 is 11.6 Å². The average molecular weight is 290 g/mol. The molecule has 1 heterocycles. The van der Waals surface area contributed by atoms with Gasteiger partial charge in [-0.3, -0.25) is 9.48 Å². The number of aromatic nitrogens is 2. The van der Waals surface area contributed by atoms with Gasteiger partial charge in [-0.15, -0.1) is 0 Å². The number of hydrogen-bond acceptors (Lipinski definition) is 3. The summed E-state index contributed by atoms with van der Waals surface area (Å²) in [5, 5.41) is 9.88. The number of benzene rings is 1. The van der Waals surface area contributed by atoms with E-state index in [2.05, 4.69) is 15.7 Å². The second kappa shape index (κ2) is 6.39. The van der Waals surface area contributed by atoms with Gasteiger partial charge in [-0.05, 0) is 31.0 Å². The third-order valence-corrected chi connectivity index (χ3v) is 3.30. The summed E-state index contributed by atoms with van der Waals surface area (Å²) < 4.78 is 15.1. The van der Waals surface area contributed by atoms with E-state index in [1.807, 2.05) is 13.0 Å². The van der Waals surface area contributed by atoms with Crippen molar-refractivity contribution in [2.24, 2.45) is 0 Å². The number of hydrogen-bond donors (Lipinski definition) is 2. The molecule has 2 rings (SSSR count). The van der Waals surface area contributed by atoms with Gasteiger partial charge in [-0.1, -0.05) is 12.1 Å². The molecule has 5 nitrogen and oxygen atoms in total. The lowest BCUT2D eigenvalue weighted by Crippen LogP contribution is -2.23. The Morgan fingerprint density at radius 2 is 2.24 bits per heavy atom. The van der Waals surface area contributed by atoms with Gasteiger partial charge in [0, 0.05) is 19.3 Å². The average Bonchev–Trinajstić information content (AvgIpc) is 2.88. The maximum absolute atomic E-state index is 13.6. The minimum Gasteiger partial charge on any atom is -0.376 e. The van der Waals surface area contributed by atoms with Crippen molar-refractivity contribution in [3.05, 3.63) is 47.5 Å².